The summed E-state index contributed by atoms with van der Waals surface area (Å²) in [6, 6.07) is 4.19. The highest BCUT2D eigenvalue weighted by Gasteiger charge is 2.09. The van der Waals surface area contributed by atoms with Gasteiger partial charge in [0.2, 0.25) is 5.91 Å². The summed E-state index contributed by atoms with van der Waals surface area (Å²) in [4.78, 5) is 15.4. The number of piperazine rings is 1. The highest BCUT2D eigenvalue weighted by Crippen LogP contribution is 2.11. The molecule has 0 atom stereocenters. The van der Waals surface area contributed by atoms with E-state index in [1.54, 1.807) is 11.3 Å². The molecule has 0 bridgehead atoms. The van der Waals surface area contributed by atoms with Gasteiger partial charge in [-0.05, 0) is 24.3 Å². The molecule has 1 aliphatic rings. The molecule has 1 aliphatic heterocycles. The van der Waals surface area contributed by atoms with Crippen LogP contribution in [0.5, 0.6) is 0 Å². The second-order valence-electron chi connectivity index (χ2n) is 4.87. The van der Waals surface area contributed by atoms with Crippen LogP contribution in [-0.2, 0) is 11.2 Å². The SMILES string of the molecule is Cl.O=C(CCCc1cccs1)NCCN1CCNCC1. The minimum absolute atomic E-state index is 0. The van der Waals surface area contributed by atoms with Crippen molar-refractivity contribution < 1.29 is 4.79 Å². The maximum absolute atomic E-state index is 11.7. The second-order valence-corrected chi connectivity index (χ2v) is 5.91. The Balaban J connectivity index is 0.00000200. The Labute approximate surface area is 131 Å². The molecular formula is C14H24ClN3OS. The van der Waals surface area contributed by atoms with Gasteiger partial charge in [-0.3, -0.25) is 9.69 Å². The number of carbonyl (C=O) groups excluding carboxylic acids is 1. The van der Waals surface area contributed by atoms with Crippen LogP contribution in [0.1, 0.15) is 17.7 Å². The minimum Gasteiger partial charge on any atom is -0.355 e. The molecular weight excluding hydrogens is 294 g/mol. The number of nitrogens with zero attached hydrogens (tertiary/aromatic N) is 1. The molecule has 0 aliphatic carbocycles. The number of thiophene rings is 1. The number of aryl methyl sites for hydroxylation is 1. The number of hydrogen-bond donors (Lipinski definition) is 2. The van der Waals surface area contributed by atoms with Crippen molar-refractivity contribution in [3.05, 3.63) is 22.4 Å². The van der Waals surface area contributed by atoms with Gasteiger partial charge in [0.05, 0.1) is 0 Å². The zero-order chi connectivity index (χ0) is 13.3. The van der Waals surface area contributed by atoms with Crippen LogP contribution < -0.4 is 10.6 Å². The number of amides is 1. The highest BCUT2D eigenvalue weighted by molar-refractivity contribution is 7.09. The van der Waals surface area contributed by atoms with Crippen molar-refractivity contribution in [1.82, 2.24) is 15.5 Å². The Morgan fingerprint density at radius 3 is 2.90 bits per heavy atom. The Morgan fingerprint density at radius 2 is 2.20 bits per heavy atom. The predicted octanol–water partition coefficient (Wildman–Crippen LogP) is 1.51. The summed E-state index contributed by atoms with van der Waals surface area (Å²) in [6.07, 6.45) is 2.60. The molecule has 20 heavy (non-hydrogen) atoms. The molecule has 6 heteroatoms. The molecule has 1 saturated heterocycles. The first-order valence-corrected chi connectivity index (χ1v) is 7.95. The fraction of sp³-hybridized carbons (Fsp3) is 0.643. The monoisotopic (exact) mass is 317 g/mol. The van der Waals surface area contributed by atoms with Crippen LogP contribution in [0.2, 0.25) is 0 Å². The highest BCUT2D eigenvalue weighted by atomic mass is 35.5. The van der Waals surface area contributed by atoms with E-state index >= 15 is 0 Å². The van der Waals surface area contributed by atoms with Crippen molar-refractivity contribution in [2.75, 3.05) is 39.3 Å². The molecule has 1 aromatic rings. The van der Waals surface area contributed by atoms with Crippen molar-refractivity contribution in [2.24, 2.45) is 0 Å². The molecule has 2 rings (SSSR count). The summed E-state index contributed by atoms with van der Waals surface area (Å²) >= 11 is 1.77. The molecule has 2 N–H and O–H groups in total. The normalized spacial score (nSPS) is 15.6. The van der Waals surface area contributed by atoms with E-state index in [0.717, 1.165) is 52.1 Å². The van der Waals surface area contributed by atoms with Crippen molar-refractivity contribution in [3.8, 4) is 0 Å². The Morgan fingerprint density at radius 1 is 1.40 bits per heavy atom. The van der Waals surface area contributed by atoms with Crippen molar-refractivity contribution in [2.45, 2.75) is 19.3 Å². The smallest absolute Gasteiger partial charge is 0.220 e. The first kappa shape index (κ1) is 17.4. The molecule has 0 spiro atoms. The maximum Gasteiger partial charge on any atom is 0.220 e. The van der Waals surface area contributed by atoms with Gasteiger partial charge >= 0.3 is 0 Å². The summed E-state index contributed by atoms with van der Waals surface area (Å²) in [5.41, 5.74) is 0. The van der Waals surface area contributed by atoms with Crippen LogP contribution in [-0.4, -0.2) is 50.1 Å². The van der Waals surface area contributed by atoms with Gasteiger partial charge in [-0.1, -0.05) is 6.07 Å². The van der Waals surface area contributed by atoms with Gasteiger partial charge in [0.25, 0.3) is 0 Å². The van der Waals surface area contributed by atoms with E-state index in [1.165, 1.54) is 4.88 Å². The van der Waals surface area contributed by atoms with Crippen LogP contribution in [0.25, 0.3) is 0 Å². The maximum atomic E-state index is 11.7. The van der Waals surface area contributed by atoms with E-state index in [0.29, 0.717) is 6.42 Å². The number of carbonyl (C=O) groups is 1. The van der Waals surface area contributed by atoms with E-state index in [-0.39, 0.29) is 18.3 Å². The minimum atomic E-state index is 0. The standard InChI is InChI=1S/C14H23N3OS.ClH/c18-14(5-1-3-13-4-2-12-19-13)16-8-11-17-9-6-15-7-10-17;/h2,4,12,15H,1,3,5-11H2,(H,16,18);1H. The van der Waals surface area contributed by atoms with Crippen LogP contribution >= 0.6 is 23.7 Å². The van der Waals surface area contributed by atoms with Crippen molar-refractivity contribution >= 4 is 29.7 Å². The molecule has 0 unspecified atom stereocenters. The van der Waals surface area contributed by atoms with Gasteiger partial charge in [0.1, 0.15) is 0 Å². The molecule has 1 fully saturated rings. The zero-order valence-electron chi connectivity index (χ0n) is 11.8. The topological polar surface area (TPSA) is 44.4 Å². The molecule has 1 amide bonds. The van der Waals surface area contributed by atoms with Gasteiger partial charge < -0.3 is 10.6 Å². The molecule has 0 saturated carbocycles. The molecule has 0 aromatic carbocycles. The Hall–Kier alpha value is -0.620. The fourth-order valence-electron chi connectivity index (χ4n) is 2.25. The van der Waals surface area contributed by atoms with E-state index in [2.05, 4.69) is 33.0 Å². The van der Waals surface area contributed by atoms with Gasteiger partial charge in [-0.2, -0.15) is 0 Å². The molecule has 0 radical (unpaired) electrons. The largest absolute Gasteiger partial charge is 0.355 e. The third-order valence-electron chi connectivity index (χ3n) is 3.37. The van der Waals surface area contributed by atoms with Gasteiger partial charge in [-0.15, -0.1) is 23.7 Å². The number of nitrogens with one attached hydrogen (secondary N) is 2. The fourth-order valence-corrected chi connectivity index (χ4v) is 3.01. The number of rotatable bonds is 7. The van der Waals surface area contributed by atoms with Crippen molar-refractivity contribution in [3.63, 3.8) is 0 Å². The number of halogens is 1. The third kappa shape index (κ3) is 6.70. The van der Waals surface area contributed by atoms with Crippen LogP contribution in [0.3, 0.4) is 0 Å². The lowest BCUT2D eigenvalue weighted by atomic mass is 10.2. The predicted molar refractivity (Wildman–Crippen MR) is 86.8 cm³/mol. The summed E-state index contributed by atoms with van der Waals surface area (Å²) in [7, 11) is 0. The lowest BCUT2D eigenvalue weighted by Gasteiger charge is -2.27. The Bertz CT molecular complexity index is 367. The summed E-state index contributed by atoms with van der Waals surface area (Å²) < 4.78 is 0. The van der Waals surface area contributed by atoms with Crippen LogP contribution in [0.4, 0.5) is 0 Å². The molecule has 4 nitrogen and oxygen atoms in total. The molecule has 1 aromatic heterocycles. The van der Waals surface area contributed by atoms with Gasteiger partial charge in [0.15, 0.2) is 0 Å². The average molecular weight is 318 g/mol. The lowest BCUT2D eigenvalue weighted by molar-refractivity contribution is -0.121. The van der Waals surface area contributed by atoms with E-state index in [1.807, 2.05) is 0 Å². The van der Waals surface area contributed by atoms with Crippen LogP contribution in [0.15, 0.2) is 17.5 Å². The zero-order valence-corrected chi connectivity index (χ0v) is 13.4. The first-order chi connectivity index (χ1) is 9.34. The van der Waals surface area contributed by atoms with Gasteiger partial charge in [0, 0.05) is 50.6 Å². The quantitative estimate of drug-likeness (QED) is 0.801. The third-order valence-corrected chi connectivity index (χ3v) is 4.30. The second kappa shape index (κ2) is 10.2. The van der Waals surface area contributed by atoms with Crippen LogP contribution in [0, 0.1) is 0 Å². The van der Waals surface area contributed by atoms with Crippen molar-refractivity contribution in [1.29, 1.82) is 0 Å². The van der Waals surface area contributed by atoms with E-state index < -0.39 is 0 Å². The molecule has 2 heterocycles. The number of hydrogen-bond acceptors (Lipinski definition) is 4. The summed E-state index contributed by atoms with van der Waals surface area (Å²) in [6.45, 7) is 6.06. The first-order valence-electron chi connectivity index (χ1n) is 7.07. The molecule has 114 valence electrons. The lowest BCUT2D eigenvalue weighted by Crippen LogP contribution is -2.46. The van der Waals surface area contributed by atoms with E-state index in [9.17, 15) is 4.79 Å². The van der Waals surface area contributed by atoms with Gasteiger partial charge in [-0.25, -0.2) is 0 Å². The summed E-state index contributed by atoms with van der Waals surface area (Å²) in [5.74, 6) is 0.187. The van der Waals surface area contributed by atoms with E-state index in [4.69, 9.17) is 0 Å². The average Bonchev–Trinajstić information content (AvgIpc) is 2.93. The summed E-state index contributed by atoms with van der Waals surface area (Å²) in [5, 5.41) is 8.43. The Kier molecular flexibility index (Phi) is 8.85.